The molecule has 3 N–H and O–H groups in total. The van der Waals surface area contributed by atoms with Crippen molar-refractivity contribution in [2.24, 2.45) is 0 Å². The zero-order chi connectivity index (χ0) is 13.0. The van der Waals surface area contributed by atoms with Gasteiger partial charge in [-0.15, -0.1) is 4.85 Å². The van der Waals surface area contributed by atoms with Crippen LogP contribution in [0.15, 0.2) is 35.4 Å². The number of aromatic nitrogens is 2. The quantitative estimate of drug-likeness (QED) is 0.495. The molecule has 5 nitrogen and oxygen atoms in total. The average molecular weight is 269 g/mol. The third-order valence-corrected chi connectivity index (χ3v) is 3.10. The fraction of sp³-hybridized carbons (Fsp3) is 0.182. The van der Waals surface area contributed by atoms with Crippen LogP contribution in [0.5, 0.6) is 5.88 Å². The normalized spacial score (nSPS) is 10.5. The highest BCUT2D eigenvalue weighted by Crippen LogP contribution is 2.28. The summed E-state index contributed by atoms with van der Waals surface area (Å²) in [5.74, 6) is 0.275. The van der Waals surface area contributed by atoms with Gasteiger partial charge in [-0.3, -0.25) is 0 Å². The molecule has 2 aromatic rings. The molecule has 0 saturated carbocycles. The van der Waals surface area contributed by atoms with Crippen molar-refractivity contribution in [3.05, 3.63) is 36.0 Å². The Bertz CT molecular complexity index is 533. The summed E-state index contributed by atoms with van der Waals surface area (Å²) in [5, 5.41) is 12.7. The molecule has 2 rings (SSSR count). The lowest BCUT2D eigenvalue weighted by Gasteiger charge is -2.10. The molecular formula is C11H12FN3O2S. The van der Waals surface area contributed by atoms with Gasteiger partial charge < -0.3 is 15.7 Å². The van der Waals surface area contributed by atoms with Crippen LogP contribution in [-0.2, 0) is 6.61 Å². The fourth-order valence-corrected chi connectivity index (χ4v) is 2.10. The molecule has 0 aliphatic carbocycles. The van der Waals surface area contributed by atoms with Gasteiger partial charge in [0.2, 0.25) is 5.88 Å². The molecule has 0 aliphatic heterocycles. The van der Waals surface area contributed by atoms with E-state index in [9.17, 15) is 4.39 Å². The summed E-state index contributed by atoms with van der Waals surface area (Å²) in [7, 11) is 0. The Morgan fingerprint density at radius 3 is 2.94 bits per heavy atom. The molecule has 0 radical (unpaired) electrons. The van der Waals surface area contributed by atoms with Crippen LogP contribution in [0.3, 0.4) is 0 Å². The maximum atomic E-state index is 12.4. The number of alkyl halides is 1. The van der Waals surface area contributed by atoms with Crippen molar-refractivity contribution in [3.8, 4) is 5.88 Å². The minimum Gasteiger partial charge on any atom is -0.472 e. The van der Waals surface area contributed by atoms with Gasteiger partial charge in [-0.2, -0.15) is 0 Å². The van der Waals surface area contributed by atoms with Gasteiger partial charge in [0, 0.05) is 22.2 Å². The van der Waals surface area contributed by atoms with E-state index in [2.05, 4.69) is 5.10 Å². The number of nitrogens with zero attached hydrogens (tertiary/aromatic N) is 2. The Morgan fingerprint density at radius 1 is 1.44 bits per heavy atom. The van der Waals surface area contributed by atoms with Gasteiger partial charge in [-0.1, -0.05) is 22.9 Å². The Balaban J connectivity index is 2.12. The monoisotopic (exact) mass is 269 g/mol. The van der Waals surface area contributed by atoms with Crippen molar-refractivity contribution in [3.63, 3.8) is 0 Å². The van der Waals surface area contributed by atoms with Crippen LogP contribution in [0.4, 0.5) is 10.1 Å². The third kappa shape index (κ3) is 2.86. The summed E-state index contributed by atoms with van der Waals surface area (Å²) >= 11 is 1.05. The first kappa shape index (κ1) is 12.6. The van der Waals surface area contributed by atoms with Crippen LogP contribution >= 0.6 is 11.8 Å². The van der Waals surface area contributed by atoms with E-state index in [1.54, 1.807) is 18.2 Å². The van der Waals surface area contributed by atoms with Crippen LogP contribution < -0.4 is 10.5 Å². The number of nitrogen functional groups attached to an aromatic ring is 1. The molecule has 0 bridgehead atoms. The number of ether oxygens (including phenoxy) is 1. The van der Waals surface area contributed by atoms with E-state index in [1.165, 1.54) is 12.3 Å². The zero-order valence-electron chi connectivity index (χ0n) is 9.41. The lowest BCUT2D eigenvalue weighted by molar-refractivity contribution is 0.141. The SMILES string of the molecule is Nc1cccc(SCF)c1COc1ccn(O)n1. The highest BCUT2D eigenvalue weighted by Gasteiger charge is 2.08. The van der Waals surface area contributed by atoms with E-state index in [0.29, 0.717) is 16.1 Å². The first-order valence-electron chi connectivity index (χ1n) is 5.14. The second kappa shape index (κ2) is 5.63. The van der Waals surface area contributed by atoms with Gasteiger partial charge in [0.15, 0.2) is 0 Å². The largest absolute Gasteiger partial charge is 0.472 e. The molecule has 1 aromatic heterocycles. The average Bonchev–Trinajstić information content (AvgIpc) is 2.75. The van der Waals surface area contributed by atoms with Crippen molar-refractivity contribution >= 4 is 17.4 Å². The van der Waals surface area contributed by atoms with E-state index >= 15 is 0 Å². The standard InChI is InChI=1S/C11H12FN3O2S/c12-7-18-10-3-1-2-9(13)8(10)6-17-11-4-5-15(16)14-11/h1-5,16H,6-7,13H2. The molecule has 0 saturated heterocycles. The lowest BCUT2D eigenvalue weighted by Crippen LogP contribution is -2.03. The van der Waals surface area contributed by atoms with E-state index in [1.807, 2.05) is 0 Å². The minimum atomic E-state index is -0.526. The topological polar surface area (TPSA) is 73.3 Å². The maximum absolute atomic E-state index is 12.4. The van der Waals surface area contributed by atoms with E-state index in [0.717, 1.165) is 16.7 Å². The van der Waals surface area contributed by atoms with Crippen LogP contribution in [0.25, 0.3) is 0 Å². The van der Waals surface area contributed by atoms with Gasteiger partial charge in [0.1, 0.15) is 12.6 Å². The number of rotatable bonds is 5. The number of thioether (sulfide) groups is 1. The number of hydrogen-bond donors (Lipinski definition) is 2. The second-order valence-electron chi connectivity index (χ2n) is 3.44. The van der Waals surface area contributed by atoms with Crippen molar-refractivity contribution in [1.29, 1.82) is 0 Å². The Kier molecular flexibility index (Phi) is 3.93. The Hall–Kier alpha value is -1.89. The van der Waals surface area contributed by atoms with Crippen molar-refractivity contribution < 1.29 is 14.3 Å². The predicted octanol–water partition coefficient (Wildman–Crippen LogP) is 2.30. The number of hydrogen-bond acceptors (Lipinski definition) is 5. The molecule has 1 heterocycles. The maximum Gasteiger partial charge on any atom is 0.236 e. The van der Waals surface area contributed by atoms with Crippen LogP contribution in [0.1, 0.15) is 5.56 Å². The first-order valence-corrected chi connectivity index (χ1v) is 6.13. The van der Waals surface area contributed by atoms with Crippen LogP contribution in [-0.4, -0.2) is 21.2 Å². The third-order valence-electron chi connectivity index (χ3n) is 2.30. The summed E-state index contributed by atoms with van der Waals surface area (Å²) in [5.41, 5.74) is 7.08. The zero-order valence-corrected chi connectivity index (χ0v) is 10.2. The number of halogens is 1. The molecule has 0 atom stereocenters. The van der Waals surface area contributed by atoms with Crippen molar-refractivity contribution in [1.82, 2.24) is 9.94 Å². The molecule has 0 fully saturated rings. The summed E-state index contributed by atoms with van der Waals surface area (Å²) in [4.78, 5) is 1.39. The summed E-state index contributed by atoms with van der Waals surface area (Å²) in [6, 6.07) is 6.26. The van der Waals surface area contributed by atoms with Crippen molar-refractivity contribution in [2.75, 3.05) is 11.7 Å². The Morgan fingerprint density at radius 2 is 2.28 bits per heavy atom. The van der Waals surface area contributed by atoms with E-state index in [-0.39, 0.29) is 12.5 Å². The van der Waals surface area contributed by atoms with Crippen LogP contribution in [0, 0.1) is 0 Å². The van der Waals surface area contributed by atoms with E-state index < -0.39 is 6.01 Å². The number of nitrogens with two attached hydrogens (primary N) is 1. The summed E-state index contributed by atoms with van der Waals surface area (Å²) in [6.45, 7) is 0.173. The number of benzene rings is 1. The lowest BCUT2D eigenvalue weighted by atomic mass is 10.2. The van der Waals surface area contributed by atoms with E-state index in [4.69, 9.17) is 15.7 Å². The minimum absolute atomic E-state index is 0.173. The fourth-order valence-electron chi connectivity index (χ4n) is 1.45. The molecule has 1 aromatic carbocycles. The van der Waals surface area contributed by atoms with Crippen LogP contribution in [0.2, 0.25) is 0 Å². The smallest absolute Gasteiger partial charge is 0.236 e. The van der Waals surface area contributed by atoms with Gasteiger partial charge in [-0.05, 0) is 12.1 Å². The summed E-state index contributed by atoms with van der Waals surface area (Å²) < 4.78 is 17.8. The molecule has 96 valence electrons. The molecule has 0 spiro atoms. The molecule has 7 heteroatoms. The Labute approximate surface area is 107 Å². The van der Waals surface area contributed by atoms with Gasteiger partial charge in [0.05, 0.1) is 6.20 Å². The van der Waals surface area contributed by atoms with Gasteiger partial charge in [0.25, 0.3) is 0 Å². The number of anilines is 1. The summed E-state index contributed by atoms with van der Waals surface area (Å²) in [6.07, 6.45) is 1.35. The van der Waals surface area contributed by atoms with Crippen molar-refractivity contribution in [2.45, 2.75) is 11.5 Å². The molecular weight excluding hydrogens is 257 g/mol. The highest BCUT2D eigenvalue weighted by atomic mass is 32.2. The molecule has 0 aliphatic rings. The van der Waals surface area contributed by atoms with Gasteiger partial charge >= 0.3 is 0 Å². The predicted molar refractivity (Wildman–Crippen MR) is 66.4 cm³/mol. The molecule has 18 heavy (non-hydrogen) atoms. The molecule has 0 amide bonds. The second-order valence-corrected chi connectivity index (χ2v) is 4.39. The highest BCUT2D eigenvalue weighted by molar-refractivity contribution is 7.99. The van der Waals surface area contributed by atoms with Gasteiger partial charge in [-0.25, -0.2) is 4.39 Å². The first-order chi connectivity index (χ1) is 8.70. The molecule has 0 unspecified atom stereocenters.